The molecule has 0 radical (unpaired) electrons. The van der Waals surface area contributed by atoms with Gasteiger partial charge in [-0.25, -0.2) is 0 Å². The molecule has 5 heteroatoms. The van der Waals surface area contributed by atoms with Crippen LogP contribution in [0.5, 0.6) is 6.01 Å². The Hall–Kier alpha value is -1.26. The Balaban J connectivity index is 2.18. The van der Waals surface area contributed by atoms with E-state index in [-0.39, 0.29) is 0 Å². The van der Waals surface area contributed by atoms with Crippen LogP contribution in [0.4, 0.5) is 5.95 Å². The molecule has 2 rings (SSSR count). The van der Waals surface area contributed by atoms with Gasteiger partial charge in [-0.2, -0.15) is 0 Å². The zero-order valence-corrected chi connectivity index (χ0v) is 8.73. The molecule has 2 heterocycles. The monoisotopic (exact) mass is 196 g/mol. The average Bonchev–Trinajstić information content (AvgIpc) is 2.61. The van der Waals surface area contributed by atoms with Crippen molar-refractivity contribution < 1.29 is 4.74 Å². The summed E-state index contributed by atoms with van der Waals surface area (Å²) in [6, 6.07) is 0.575. The van der Waals surface area contributed by atoms with Gasteiger partial charge in [-0.15, -0.1) is 5.10 Å². The summed E-state index contributed by atoms with van der Waals surface area (Å²) in [5.74, 6) is 0.918. The molecule has 1 aromatic heterocycles. The Morgan fingerprint density at radius 2 is 1.86 bits per heavy atom. The molecule has 0 aliphatic carbocycles. The Kier molecular flexibility index (Phi) is 2.56. The number of rotatable bonds is 2. The van der Waals surface area contributed by atoms with E-state index in [4.69, 9.17) is 4.74 Å². The second kappa shape index (κ2) is 3.86. The van der Waals surface area contributed by atoms with Gasteiger partial charge in [0, 0.05) is 20.1 Å². The first-order valence-electron chi connectivity index (χ1n) is 5.01. The van der Waals surface area contributed by atoms with Crippen molar-refractivity contribution in [1.82, 2.24) is 14.8 Å². The van der Waals surface area contributed by atoms with Crippen LogP contribution in [-0.4, -0.2) is 35.0 Å². The predicted octanol–water partition coefficient (Wildman–Crippen LogP) is 0.814. The number of anilines is 1. The third kappa shape index (κ3) is 1.54. The highest BCUT2D eigenvalue weighted by Gasteiger charge is 2.17. The summed E-state index contributed by atoms with van der Waals surface area (Å²) in [5, 5.41) is 8.08. The number of methoxy groups -OCH3 is 1. The minimum absolute atomic E-state index is 0.575. The van der Waals surface area contributed by atoms with E-state index in [0.717, 1.165) is 19.0 Å². The normalized spacial score (nSPS) is 17.1. The van der Waals surface area contributed by atoms with Crippen LogP contribution < -0.4 is 9.64 Å². The lowest BCUT2D eigenvalue weighted by Crippen LogP contribution is -2.31. The highest BCUT2D eigenvalue weighted by molar-refractivity contribution is 5.32. The summed E-state index contributed by atoms with van der Waals surface area (Å²) in [4.78, 5) is 2.26. The van der Waals surface area contributed by atoms with E-state index in [0.29, 0.717) is 6.01 Å². The number of piperidine rings is 1. The highest BCUT2D eigenvalue weighted by atomic mass is 16.5. The third-order valence-electron chi connectivity index (χ3n) is 2.63. The Labute approximate surface area is 83.7 Å². The molecule has 0 spiro atoms. The van der Waals surface area contributed by atoms with Crippen molar-refractivity contribution >= 4 is 5.95 Å². The molecule has 0 atom stereocenters. The molecule has 1 aliphatic rings. The minimum atomic E-state index is 0.575. The molecule has 0 saturated carbocycles. The van der Waals surface area contributed by atoms with Gasteiger partial charge in [0.1, 0.15) is 0 Å². The van der Waals surface area contributed by atoms with E-state index in [9.17, 15) is 0 Å². The fraction of sp³-hybridized carbons (Fsp3) is 0.778. The quantitative estimate of drug-likeness (QED) is 0.702. The fourth-order valence-electron chi connectivity index (χ4n) is 1.85. The van der Waals surface area contributed by atoms with Gasteiger partial charge in [-0.3, -0.25) is 4.57 Å². The number of nitrogens with zero attached hydrogens (tertiary/aromatic N) is 4. The number of ether oxygens (including phenoxy) is 1. The molecule has 1 saturated heterocycles. The van der Waals surface area contributed by atoms with Crippen LogP contribution in [0.3, 0.4) is 0 Å². The zero-order valence-electron chi connectivity index (χ0n) is 8.73. The third-order valence-corrected chi connectivity index (χ3v) is 2.63. The van der Waals surface area contributed by atoms with Gasteiger partial charge in [0.2, 0.25) is 5.95 Å². The first-order valence-corrected chi connectivity index (χ1v) is 5.01. The second-order valence-corrected chi connectivity index (χ2v) is 3.59. The molecule has 5 nitrogen and oxygen atoms in total. The summed E-state index contributed by atoms with van der Waals surface area (Å²) in [6.45, 7) is 2.16. The largest absolute Gasteiger partial charge is 0.467 e. The molecule has 0 bridgehead atoms. The van der Waals surface area contributed by atoms with E-state index >= 15 is 0 Å². The molecular weight excluding hydrogens is 180 g/mol. The maximum atomic E-state index is 5.08. The maximum Gasteiger partial charge on any atom is 0.317 e. The summed E-state index contributed by atoms with van der Waals surface area (Å²) >= 11 is 0. The maximum absolute atomic E-state index is 5.08. The van der Waals surface area contributed by atoms with Crippen LogP contribution in [-0.2, 0) is 7.05 Å². The summed E-state index contributed by atoms with van der Waals surface area (Å²) < 4.78 is 6.97. The Morgan fingerprint density at radius 3 is 2.43 bits per heavy atom. The zero-order chi connectivity index (χ0) is 9.97. The molecule has 78 valence electrons. The first-order chi connectivity index (χ1) is 6.83. The fourth-order valence-corrected chi connectivity index (χ4v) is 1.85. The van der Waals surface area contributed by atoms with Gasteiger partial charge >= 0.3 is 6.01 Å². The van der Waals surface area contributed by atoms with Crippen LogP contribution >= 0.6 is 0 Å². The van der Waals surface area contributed by atoms with Crippen LogP contribution in [0.1, 0.15) is 19.3 Å². The van der Waals surface area contributed by atoms with Gasteiger partial charge in [0.15, 0.2) is 0 Å². The van der Waals surface area contributed by atoms with Crippen LogP contribution in [0, 0.1) is 0 Å². The van der Waals surface area contributed by atoms with Crippen molar-refractivity contribution in [2.75, 3.05) is 25.1 Å². The smallest absolute Gasteiger partial charge is 0.317 e. The Bertz CT molecular complexity index is 304. The molecule has 0 N–H and O–H groups in total. The molecule has 0 unspecified atom stereocenters. The number of hydrogen-bond donors (Lipinski definition) is 0. The molecule has 1 aliphatic heterocycles. The SMILES string of the molecule is COc1nnc(N2CCCCC2)n1C. The predicted molar refractivity (Wildman–Crippen MR) is 53.6 cm³/mol. The second-order valence-electron chi connectivity index (χ2n) is 3.59. The number of hydrogen-bond acceptors (Lipinski definition) is 4. The minimum Gasteiger partial charge on any atom is -0.467 e. The topological polar surface area (TPSA) is 43.2 Å². The lowest BCUT2D eigenvalue weighted by atomic mass is 10.1. The van der Waals surface area contributed by atoms with Gasteiger partial charge in [0.25, 0.3) is 0 Å². The molecule has 1 fully saturated rings. The summed E-state index contributed by atoms with van der Waals surface area (Å²) in [7, 11) is 3.55. The van der Waals surface area contributed by atoms with Crippen molar-refractivity contribution in [2.45, 2.75) is 19.3 Å². The van der Waals surface area contributed by atoms with Gasteiger partial charge in [-0.05, 0) is 19.3 Å². The van der Waals surface area contributed by atoms with Crippen LogP contribution in [0.25, 0.3) is 0 Å². The lowest BCUT2D eigenvalue weighted by Gasteiger charge is -2.26. The van der Waals surface area contributed by atoms with E-state index in [1.54, 1.807) is 7.11 Å². The van der Waals surface area contributed by atoms with E-state index in [2.05, 4.69) is 15.1 Å². The first kappa shape index (κ1) is 9.30. The van der Waals surface area contributed by atoms with Crippen molar-refractivity contribution in [3.63, 3.8) is 0 Å². The molecular formula is C9H16N4O. The summed E-state index contributed by atoms with van der Waals surface area (Å²) in [5.41, 5.74) is 0. The summed E-state index contributed by atoms with van der Waals surface area (Å²) in [6.07, 6.45) is 3.82. The van der Waals surface area contributed by atoms with E-state index in [1.165, 1.54) is 19.3 Å². The van der Waals surface area contributed by atoms with Gasteiger partial charge < -0.3 is 9.64 Å². The molecule has 0 aromatic carbocycles. The van der Waals surface area contributed by atoms with Crippen LogP contribution in [0.15, 0.2) is 0 Å². The molecule has 1 aromatic rings. The molecule has 0 amide bonds. The van der Waals surface area contributed by atoms with Gasteiger partial charge in [0.05, 0.1) is 7.11 Å². The van der Waals surface area contributed by atoms with E-state index in [1.807, 2.05) is 11.6 Å². The van der Waals surface area contributed by atoms with Crippen molar-refractivity contribution in [2.24, 2.45) is 7.05 Å². The number of aromatic nitrogens is 3. The van der Waals surface area contributed by atoms with Crippen molar-refractivity contribution in [3.8, 4) is 6.01 Å². The standard InChI is InChI=1S/C9H16N4O/c1-12-8(10-11-9(12)14-2)13-6-4-3-5-7-13/h3-7H2,1-2H3. The lowest BCUT2D eigenvalue weighted by molar-refractivity contribution is 0.364. The van der Waals surface area contributed by atoms with E-state index < -0.39 is 0 Å². The van der Waals surface area contributed by atoms with Crippen molar-refractivity contribution in [1.29, 1.82) is 0 Å². The molecule has 14 heavy (non-hydrogen) atoms. The van der Waals surface area contributed by atoms with Crippen LogP contribution in [0.2, 0.25) is 0 Å². The average molecular weight is 196 g/mol. The highest BCUT2D eigenvalue weighted by Crippen LogP contribution is 2.19. The van der Waals surface area contributed by atoms with Gasteiger partial charge in [-0.1, -0.05) is 5.10 Å². The Morgan fingerprint density at radius 1 is 1.14 bits per heavy atom. The van der Waals surface area contributed by atoms with Crippen molar-refractivity contribution in [3.05, 3.63) is 0 Å².